The lowest BCUT2D eigenvalue weighted by Gasteiger charge is -2.51. The van der Waals surface area contributed by atoms with Gasteiger partial charge in [-0.05, 0) is 81.8 Å². The highest BCUT2D eigenvalue weighted by Gasteiger charge is 2.48. The van der Waals surface area contributed by atoms with Crippen molar-refractivity contribution >= 4 is 28.7 Å². The van der Waals surface area contributed by atoms with Crippen LogP contribution in [0, 0.1) is 0 Å². The van der Waals surface area contributed by atoms with Crippen molar-refractivity contribution in [3.63, 3.8) is 0 Å². The third-order valence-electron chi connectivity index (χ3n) is 9.13. The second-order valence-corrected chi connectivity index (χ2v) is 12.9. The van der Waals surface area contributed by atoms with Crippen LogP contribution in [0.5, 0.6) is 0 Å². The van der Waals surface area contributed by atoms with E-state index in [1.165, 1.54) is 11.1 Å². The minimum Gasteiger partial charge on any atom is -0.450 e. The second kappa shape index (κ2) is 10.3. The van der Waals surface area contributed by atoms with Crippen molar-refractivity contribution in [3.8, 4) is 0 Å². The Bertz CT molecular complexity index is 1170. The molecule has 2 aromatic carbocycles. The van der Waals surface area contributed by atoms with Crippen LogP contribution in [0.25, 0.3) is 0 Å². The lowest BCUT2D eigenvalue weighted by atomic mass is 9.69. The molecule has 2 aromatic rings. The highest BCUT2D eigenvalue weighted by molar-refractivity contribution is 7.82. The molecule has 37 heavy (non-hydrogen) atoms. The fraction of sp³-hybridized carbons (Fsp3) is 0.552. The molecule has 0 aliphatic carbocycles. The lowest BCUT2D eigenvalue weighted by molar-refractivity contribution is 0.0239. The average Bonchev–Trinajstić information content (AvgIpc) is 3.18. The maximum atomic E-state index is 13.7. The van der Waals surface area contributed by atoms with Crippen LogP contribution in [-0.4, -0.2) is 68.8 Å². The van der Waals surface area contributed by atoms with Crippen LogP contribution in [0.15, 0.2) is 53.4 Å². The molecule has 0 radical (unpaired) electrons. The molecule has 4 aliphatic heterocycles. The molecule has 4 aliphatic rings. The van der Waals surface area contributed by atoms with Crippen LogP contribution >= 0.6 is 11.6 Å². The molecule has 6 rings (SSSR count). The molecule has 6 nitrogen and oxygen atoms in total. The normalized spacial score (nSPS) is 28.2. The zero-order valence-electron chi connectivity index (χ0n) is 21.5. The number of rotatable bonds is 4. The Hall–Kier alpha value is -1.93. The largest absolute Gasteiger partial charge is 0.450 e. The zero-order valence-corrected chi connectivity index (χ0v) is 23.1. The first-order valence-electron chi connectivity index (χ1n) is 13.7. The van der Waals surface area contributed by atoms with Gasteiger partial charge in [-0.2, -0.15) is 0 Å². The van der Waals surface area contributed by atoms with Crippen molar-refractivity contribution in [2.24, 2.45) is 0 Å². The van der Waals surface area contributed by atoms with Gasteiger partial charge in [0.05, 0.1) is 16.5 Å². The summed E-state index contributed by atoms with van der Waals surface area (Å²) in [5, 5.41) is 0.562. The third-order valence-corrected chi connectivity index (χ3v) is 11.0. The van der Waals surface area contributed by atoms with E-state index < -0.39 is 11.0 Å². The number of likely N-dealkylation sites (tertiary alicyclic amines) is 1. The Morgan fingerprint density at radius 2 is 1.70 bits per heavy atom. The molecular formula is C29H36ClN3O3S. The minimum absolute atomic E-state index is 0.00707. The van der Waals surface area contributed by atoms with Gasteiger partial charge in [0.2, 0.25) is 0 Å². The standard InChI is InChI=1S/C29H36ClN3O3S/c1-2-36-28(34)33-22-11-12-23(33)18-24(17-22)31-15-13-29(14-16-31)20-32(19-21-7-3-4-8-25(21)29)37(35)27-10-6-5-9-26(27)30/h3-10,22-24H,2,11-20H2,1H3. The van der Waals surface area contributed by atoms with Crippen molar-refractivity contribution < 1.29 is 13.7 Å². The van der Waals surface area contributed by atoms with Crippen LogP contribution in [0.2, 0.25) is 5.02 Å². The quantitative estimate of drug-likeness (QED) is 0.522. The number of amides is 1. The van der Waals surface area contributed by atoms with Gasteiger partial charge >= 0.3 is 6.09 Å². The number of carbonyl (C=O) groups is 1. The summed E-state index contributed by atoms with van der Waals surface area (Å²) in [4.78, 5) is 17.9. The molecule has 0 aromatic heterocycles. The van der Waals surface area contributed by atoms with Gasteiger partial charge in [-0.25, -0.2) is 13.3 Å². The van der Waals surface area contributed by atoms with Gasteiger partial charge in [0.25, 0.3) is 0 Å². The van der Waals surface area contributed by atoms with Crippen molar-refractivity contribution in [2.75, 3.05) is 26.2 Å². The average molecular weight is 542 g/mol. The minimum atomic E-state index is -1.30. The predicted octanol–water partition coefficient (Wildman–Crippen LogP) is 5.36. The first-order valence-corrected chi connectivity index (χ1v) is 15.2. The SMILES string of the molecule is CCOC(=O)N1C2CCC1CC(N1CCC3(CC1)CN(S(=O)c1ccccc1Cl)Cc1ccccc13)C2. The van der Waals surface area contributed by atoms with E-state index in [1.807, 2.05) is 36.1 Å². The first-order chi connectivity index (χ1) is 18.0. The summed E-state index contributed by atoms with van der Waals surface area (Å²) in [6.07, 6.45) is 6.24. The second-order valence-electron chi connectivity index (χ2n) is 11.1. The van der Waals surface area contributed by atoms with Gasteiger partial charge in [0.1, 0.15) is 11.0 Å². The predicted molar refractivity (Wildman–Crippen MR) is 146 cm³/mol. The molecule has 3 saturated heterocycles. The van der Waals surface area contributed by atoms with E-state index in [0.717, 1.165) is 58.2 Å². The Balaban J connectivity index is 1.18. The van der Waals surface area contributed by atoms with E-state index in [4.69, 9.17) is 16.3 Å². The van der Waals surface area contributed by atoms with E-state index in [1.54, 1.807) is 0 Å². The molecule has 0 saturated carbocycles. The number of hydrogen-bond acceptors (Lipinski definition) is 4. The van der Waals surface area contributed by atoms with Crippen molar-refractivity contribution in [3.05, 3.63) is 64.7 Å². The number of fused-ring (bicyclic) bond motifs is 4. The summed E-state index contributed by atoms with van der Waals surface area (Å²) in [5.74, 6) is 0. The molecule has 3 unspecified atom stereocenters. The molecule has 1 amide bonds. The smallest absolute Gasteiger partial charge is 0.410 e. The molecular weight excluding hydrogens is 506 g/mol. The maximum absolute atomic E-state index is 13.7. The van der Waals surface area contributed by atoms with E-state index in [-0.39, 0.29) is 11.5 Å². The van der Waals surface area contributed by atoms with E-state index in [9.17, 15) is 9.00 Å². The molecule has 0 N–H and O–H groups in total. The molecule has 3 atom stereocenters. The Morgan fingerprint density at radius 3 is 2.41 bits per heavy atom. The summed E-state index contributed by atoms with van der Waals surface area (Å²) in [7, 11) is -1.30. The van der Waals surface area contributed by atoms with E-state index >= 15 is 0 Å². The number of ether oxygens (including phenoxy) is 1. The molecule has 3 fully saturated rings. The van der Waals surface area contributed by atoms with Gasteiger partial charge in [-0.3, -0.25) is 0 Å². The van der Waals surface area contributed by atoms with Crippen LogP contribution < -0.4 is 0 Å². The summed E-state index contributed by atoms with van der Waals surface area (Å²) < 4.78 is 21.2. The van der Waals surface area contributed by atoms with Gasteiger partial charge in [0.15, 0.2) is 0 Å². The topological polar surface area (TPSA) is 53.1 Å². The monoisotopic (exact) mass is 541 g/mol. The van der Waals surface area contributed by atoms with Crippen LogP contribution in [0.4, 0.5) is 4.79 Å². The highest BCUT2D eigenvalue weighted by Crippen LogP contribution is 2.45. The highest BCUT2D eigenvalue weighted by atomic mass is 35.5. The number of piperidine rings is 2. The van der Waals surface area contributed by atoms with E-state index in [2.05, 4.69) is 33.5 Å². The van der Waals surface area contributed by atoms with E-state index in [0.29, 0.717) is 41.2 Å². The summed E-state index contributed by atoms with van der Waals surface area (Å²) >= 11 is 6.44. The van der Waals surface area contributed by atoms with Gasteiger partial charge in [0, 0.05) is 36.6 Å². The number of carbonyl (C=O) groups excluding carboxylic acids is 1. The van der Waals surface area contributed by atoms with Gasteiger partial charge in [-0.15, -0.1) is 0 Å². The molecule has 8 heteroatoms. The number of nitrogens with zero attached hydrogens (tertiary/aromatic N) is 3. The van der Waals surface area contributed by atoms with Crippen molar-refractivity contribution in [1.29, 1.82) is 0 Å². The third kappa shape index (κ3) is 4.62. The van der Waals surface area contributed by atoms with Crippen LogP contribution in [0.3, 0.4) is 0 Å². The fourth-order valence-corrected chi connectivity index (χ4v) is 9.04. The lowest BCUT2D eigenvalue weighted by Crippen LogP contribution is -2.57. The van der Waals surface area contributed by atoms with Crippen LogP contribution in [-0.2, 0) is 27.7 Å². The number of benzene rings is 2. The van der Waals surface area contributed by atoms with Crippen molar-refractivity contribution in [1.82, 2.24) is 14.1 Å². The first kappa shape index (κ1) is 25.4. The molecule has 2 bridgehead atoms. The number of halogens is 1. The molecule has 198 valence electrons. The Morgan fingerprint density at radius 1 is 1.03 bits per heavy atom. The van der Waals surface area contributed by atoms with Gasteiger partial charge in [-0.1, -0.05) is 48.0 Å². The number of hydrogen-bond donors (Lipinski definition) is 0. The maximum Gasteiger partial charge on any atom is 0.410 e. The molecule has 4 heterocycles. The Labute approximate surface area is 227 Å². The summed E-state index contributed by atoms with van der Waals surface area (Å²) in [5.41, 5.74) is 2.70. The molecule has 1 spiro atoms. The fourth-order valence-electron chi connectivity index (χ4n) is 7.37. The summed E-state index contributed by atoms with van der Waals surface area (Å²) in [6, 6.07) is 17.4. The van der Waals surface area contributed by atoms with Crippen molar-refractivity contribution in [2.45, 2.75) is 80.4 Å². The van der Waals surface area contributed by atoms with Crippen LogP contribution in [0.1, 0.15) is 56.6 Å². The van der Waals surface area contributed by atoms with Gasteiger partial charge < -0.3 is 14.5 Å². The Kier molecular flexibility index (Phi) is 7.08. The summed E-state index contributed by atoms with van der Waals surface area (Å²) in [6.45, 7) is 5.84. The zero-order chi connectivity index (χ0) is 25.6.